The van der Waals surface area contributed by atoms with Crippen LogP contribution < -0.4 is 5.32 Å². The van der Waals surface area contributed by atoms with Crippen LogP contribution in [0.3, 0.4) is 0 Å². The molecule has 2 atom stereocenters. The number of thiazole rings is 1. The van der Waals surface area contributed by atoms with E-state index in [4.69, 9.17) is 0 Å². The van der Waals surface area contributed by atoms with Gasteiger partial charge in [0.2, 0.25) is 0 Å². The van der Waals surface area contributed by atoms with Crippen molar-refractivity contribution in [3.8, 4) is 0 Å². The Morgan fingerprint density at radius 3 is 2.59 bits per heavy atom. The lowest BCUT2D eigenvalue weighted by atomic mass is 9.92. The average Bonchev–Trinajstić information content (AvgIpc) is 2.69. The van der Waals surface area contributed by atoms with Crippen molar-refractivity contribution in [2.45, 2.75) is 66.0 Å². The summed E-state index contributed by atoms with van der Waals surface area (Å²) in [6.45, 7) is 11.3. The summed E-state index contributed by atoms with van der Waals surface area (Å²) in [4.78, 5) is 6.01. The molecule has 17 heavy (non-hydrogen) atoms. The van der Waals surface area contributed by atoms with Crippen LogP contribution in [0, 0.1) is 19.3 Å². The fourth-order valence-electron chi connectivity index (χ4n) is 2.96. The van der Waals surface area contributed by atoms with E-state index in [9.17, 15) is 0 Å². The fraction of sp³-hybridized carbons (Fsp3) is 0.786. The summed E-state index contributed by atoms with van der Waals surface area (Å²) in [6, 6.07) is 1.06. The van der Waals surface area contributed by atoms with Gasteiger partial charge in [0.25, 0.3) is 0 Å². The van der Waals surface area contributed by atoms with Gasteiger partial charge in [0.05, 0.1) is 10.7 Å². The van der Waals surface area contributed by atoms with E-state index >= 15 is 0 Å². The second-order valence-corrected chi connectivity index (χ2v) is 7.57. The van der Waals surface area contributed by atoms with Gasteiger partial charge in [-0.15, -0.1) is 11.3 Å². The molecule has 0 amide bonds. The van der Waals surface area contributed by atoms with Gasteiger partial charge in [0.1, 0.15) is 0 Å². The Kier molecular flexibility index (Phi) is 3.60. The zero-order valence-electron chi connectivity index (χ0n) is 11.6. The normalized spacial score (nSPS) is 25.1. The molecule has 1 aliphatic rings. The van der Waals surface area contributed by atoms with E-state index in [1.165, 1.54) is 34.8 Å². The summed E-state index contributed by atoms with van der Waals surface area (Å²) in [5.41, 5.74) is 1.77. The zero-order chi connectivity index (χ0) is 12.6. The summed E-state index contributed by atoms with van der Waals surface area (Å²) in [5.74, 6) is 0. The Balaban J connectivity index is 1.98. The highest BCUT2D eigenvalue weighted by atomic mass is 32.1. The number of nitrogens with zero attached hydrogens (tertiary/aromatic N) is 1. The van der Waals surface area contributed by atoms with Crippen molar-refractivity contribution < 1.29 is 0 Å². The van der Waals surface area contributed by atoms with Gasteiger partial charge in [-0.25, -0.2) is 4.98 Å². The molecule has 0 saturated heterocycles. The maximum absolute atomic E-state index is 4.64. The molecule has 1 saturated carbocycles. The van der Waals surface area contributed by atoms with Gasteiger partial charge in [0, 0.05) is 17.0 Å². The average molecular weight is 252 g/mol. The predicted molar refractivity (Wildman–Crippen MR) is 74.6 cm³/mol. The van der Waals surface area contributed by atoms with Crippen LogP contribution in [-0.4, -0.2) is 11.0 Å². The second kappa shape index (κ2) is 4.69. The Labute approximate surface area is 109 Å². The molecular weight excluding hydrogens is 228 g/mol. The van der Waals surface area contributed by atoms with Crippen molar-refractivity contribution in [1.82, 2.24) is 10.3 Å². The molecule has 2 unspecified atom stereocenters. The molecule has 0 spiro atoms. The second-order valence-electron chi connectivity index (χ2n) is 6.17. The van der Waals surface area contributed by atoms with E-state index in [-0.39, 0.29) is 0 Å². The van der Waals surface area contributed by atoms with Crippen LogP contribution in [0.5, 0.6) is 0 Å². The van der Waals surface area contributed by atoms with Gasteiger partial charge in [0.15, 0.2) is 0 Å². The first-order chi connectivity index (χ1) is 7.87. The molecule has 3 heteroatoms. The minimum absolute atomic E-state index is 0.388. The summed E-state index contributed by atoms with van der Waals surface area (Å²) >= 11 is 1.80. The number of hydrogen-bond donors (Lipinski definition) is 1. The van der Waals surface area contributed by atoms with E-state index in [0.717, 1.165) is 0 Å². The van der Waals surface area contributed by atoms with Crippen molar-refractivity contribution in [2.75, 3.05) is 0 Å². The maximum Gasteiger partial charge on any atom is 0.0900 e. The zero-order valence-corrected chi connectivity index (χ0v) is 12.4. The molecule has 2 rings (SSSR count). The molecule has 1 aliphatic carbocycles. The molecule has 96 valence electrons. The third kappa shape index (κ3) is 3.08. The monoisotopic (exact) mass is 252 g/mol. The van der Waals surface area contributed by atoms with Crippen LogP contribution in [0.15, 0.2) is 0 Å². The molecule has 0 aromatic carbocycles. The van der Waals surface area contributed by atoms with Gasteiger partial charge in [-0.1, -0.05) is 13.8 Å². The van der Waals surface area contributed by atoms with E-state index < -0.39 is 0 Å². The molecule has 1 aromatic heterocycles. The van der Waals surface area contributed by atoms with Crippen molar-refractivity contribution >= 4 is 11.3 Å². The first kappa shape index (κ1) is 13.0. The van der Waals surface area contributed by atoms with Gasteiger partial charge in [-0.3, -0.25) is 0 Å². The van der Waals surface area contributed by atoms with Gasteiger partial charge < -0.3 is 5.32 Å². The van der Waals surface area contributed by atoms with E-state index in [0.29, 0.717) is 17.5 Å². The fourth-order valence-corrected chi connectivity index (χ4v) is 3.87. The van der Waals surface area contributed by atoms with Crippen molar-refractivity contribution in [3.63, 3.8) is 0 Å². The molecule has 1 aromatic rings. The smallest absolute Gasteiger partial charge is 0.0900 e. The molecule has 0 radical (unpaired) electrons. The number of aromatic nitrogens is 1. The van der Waals surface area contributed by atoms with Gasteiger partial charge in [-0.2, -0.15) is 0 Å². The Bertz CT molecular complexity index is 395. The lowest BCUT2D eigenvalue weighted by Gasteiger charge is -2.21. The van der Waals surface area contributed by atoms with Crippen molar-refractivity contribution in [2.24, 2.45) is 5.41 Å². The maximum atomic E-state index is 4.64. The van der Waals surface area contributed by atoms with Crippen LogP contribution in [0.2, 0.25) is 0 Å². The van der Waals surface area contributed by atoms with Crippen molar-refractivity contribution in [3.05, 3.63) is 15.6 Å². The van der Waals surface area contributed by atoms with Gasteiger partial charge >= 0.3 is 0 Å². The number of hydrogen-bond acceptors (Lipinski definition) is 3. The summed E-state index contributed by atoms with van der Waals surface area (Å²) < 4.78 is 0. The van der Waals surface area contributed by atoms with E-state index in [1.54, 1.807) is 11.3 Å². The quantitative estimate of drug-likeness (QED) is 0.880. The number of aryl methyl sites for hydroxylation is 2. The minimum atomic E-state index is 0.388. The third-order valence-corrected chi connectivity index (χ3v) is 4.71. The SMILES string of the molecule is Cc1nc(C(C)NC2CCC(C)(C)C2)c(C)s1. The number of rotatable bonds is 3. The molecule has 2 nitrogen and oxygen atoms in total. The van der Waals surface area contributed by atoms with Crippen LogP contribution in [-0.2, 0) is 0 Å². The Morgan fingerprint density at radius 2 is 2.12 bits per heavy atom. The van der Waals surface area contributed by atoms with Crippen LogP contribution >= 0.6 is 11.3 Å². The van der Waals surface area contributed by atoms with Crippen molar-refractivity contribution in [1.29, 1.82) is 0 Å². The molecular formula is C14H24N2S. The first-order valence-corrected chi connectivity index (χ1v) is 7.39. The minimum Gasteiger partial charge on any atom is -0.306 e. The third-order valence-electron chi connectivity index (χ3n) is 3.80. The topological polar surface area (TPSA) is 24.9 Å². The highest BCUT2D eigenvalue weighted by molar-refractivity contribution is 7.11. The molecule has 0 aliphatic heterocycles. The lowest BCUT2D eigenvalue weighted by molar-refractivity contribution is 0.355. The number of nitrogens with one attached hydrogen (secondary N) is 1. The summed E-state index contributed by atoms with van der Waals surface area (Å²) in [5, 5.41) is 4.93. The van der Waals surface area contributed by atoms with Gasteiger partial charge in [-0.05, 0) is 45.4 Å². The predicted octanol–water partition coefficient (Wildman–Crippen LogP) is 3.99. The standard InChI is InChI=1S/C14H24N2S/c1-9(13-10(2)17-11(3)16-13)15-12-6-7-14(4,5)8-12/h9,12,15H,6-8H2,1-5H3. The highest BCUT2D eigenvalue weighted by Gasteiger charge is 2.31. The van der Waals surface area contributed by atoms with E-state index in [2.05, 4.69) is 44.9 Å². The Hall–Kier alpha value is -0.410. The lowest BCUT2D eigenvalue weighted by Crippen LogP contribution is -2.30. The molecule has 1 N–H and O–H groups in total. The molecule has 1 fully saturated rings. The largest absolute Gasteiger partial charge is 0.306 e. The summed E-state index contributed by atoms with van der Waals surface area (Å²) in [7, 11) is 0. The first-order valence-electron chi connectivity index (χ1n) is 6.57. The molecule has 1 heterocycles. The molecule has 0 bridgehead atoms. The van der Waals surface area contributed by atoms with Crippen LogP contribution in [0.1, 0.15) is 61.7 Å². The highest BCUT2D eigenvalue weighted by Crippen LogP contribution is 2.38. The Morgan fingerprint density at radius 1 is 1.41 bits per heavy atom. The van der Waals surface area contributed by atoms with Crippen LogP contribution in [0.25, 0.3) is 0 Å². The summed E-state index contributed by atoms with van der Waals surface area (Å²) in [6.07, 6.45) is 3.94. The van der Waals surface area contributed by atoms with Crippen LogP contribution in [0.4, 0.5) is 0 Å². The van der Waals surface area contributed by atoms with E-state index in [1.807, 2.05) is 0 Å².